The zero-order valence-electron chi connectivity index (χ0n) is 11.7. The highest BCUT2D eigenvalue weighted by Gasteiger charge is 2.25. The maximum atomic E-state index is 11.6. The van der Waals surface area contributed by atoms with Gasteiger partial charge >= 0.3 is 5.97 Å². The van der Waals surface area contributed by atoms with Crippen molar-refractivity contribution >= 4 is 5.97 Å². The average Bonchev–Trinajstić information content (AvgIpc) is 2.61. The molecule has 1 rings (SSSR count). The molecule has 1 atom stereocenters. The number of hydrogen-bond acceptors (Lipinski definition) is 2. The minimum Gasteiger partial charge on any atom is -0.463 e. The molecule has 0 aromatic carbocycles. The van der Waals surface area contributed by atoms with Gasteiger partial charge in [-0.05, 0) is 57.1 Å². The van der Waals surface area contributed by atoms with Crippen LogP contribution >= 0.6 is 0 Å². The minimum atomic E-state index is -0.192. The Kier molecular flexibility index (Phi) is 4.98. The number of hydrogen-bond donors (Lipinski definition) is 0. The summed E-state index contributed by atoms with van der Waals surface area (Å²) < 4.78 is 5.02. The topological polar surface area (TPSA) is 26.3 Å². The fourth-order valence-corrected chi connectivity index (χ4v) is 2.45. The summed E-state index contributed by atoms with van der Waals surface area (Å²) >= 11 is 0. The van der Waals surface area contributed by atoms with E-state index in [0.717, 1.165) is 6.42 Å². The van der Waals surface area contributed by atoms with E-state index in [4.69, 9.17) is 4.74 Å². The number of carbonyl (C=O) groups is 1. The predicted octanol–water partition coefficient (Wildman–Crippen LogP) is 3.88. The zero-order valence-corrected chi connectivity index (χ0v) is 11.7. The fourth-order valence-electron chi connectivity index (χ4n) is 2.45. The Morgan fingerprint density at radius 2 is 2.18 bits per heavy atom. The van der Waals surface area contributed by atoms with Crippen molar-refractivity contribution in [2.24, 2.45) is 11.8 Å². The molecule has 96 valence electrons. The molecule has 0 fully saturated rings. The Labute approximate surface area is 105 Å². The van der Waals surface area contributed by atoms with Crippen LogP contribution in [0.2, 0.25) is 0 Å². The van der Waals surface area contributed by atoms with E-state index in [9.17, 15) is 4.79 Å². The van der Waals surface area contributed by atoms with Crippen molar-refractivity contribution in [3.05, 3.63) is 22.8 Å². The second-order valence-electron chi connectivity index (χ2n) is 5.17. The molecule has 0 bridgehead atoms. The van der Waals surface area contributed by atoms with Gasteiger partial charge in [-0.25, -0.2) is 4.79 Å². The molecule has 0 saturated carbocycles. The third-order valence-corrected chi connectivity index (χ3v) is 3.50. The summed E-state index contributed by atoms with van der Waals surface area (Å²) in [5, 5.41) is 0. The molecule has 0 aliphatic heterocycles. The lowest BCUT2D eigenvalue weighted by Crippen LogP contribution is -2.09. The molecule has 1 aliphatic rings. The first-order valence-electron chi connectivity index (χ1n) is 6.52. The second kappa shape index (κ2) is 6.04. The molecule has 0 spiro atoms. The SMILES string of the molecule is CCOC(=O)/C(C)=C/C1=C(C)CCC1C(C)C. The molecule has 0 radical (unpaired) electrons. The van der Waals surface area contributed by atoms with Crippen LogP contribution < -0.4 is 0 Å². The third-order valence-electron chi connectivity index (χ3n) is 3.50. The first-order chi connectivity index (χ1) is 7.97. The van der Waals surface area contributed by atoms with E-state index in [0.29, 0.717) is 24.0 Å². The highest BCUT2D eigenvalue weighted by molar-refractivity contribution is 5.88. The summed E-state index contributed by atoms with van der Waals surface area (Å²) in [5.41, 5.74) is 3.49. The van der Waals surface area contributed by atoms with E-state index >= 15 is 0 Å². The molecular weight excluding hydrogens is 212 g/mol. The van der Waals surface area contributed by atoms with Crippen LogP contribution in [-0.2, 0) is 9.53 Å². The van der Waals surface area contributed by atoms with Crippen LogP contribution in [0.1, 0.15) is 47.5 Å². The molecule has 0 saturated heterocycles. The summed E-state index contributed by atoms with van der Waals surface area (Å²) in [7, 11) is 0. The monoisotopic (exact) mass is 236 g/mol. The molecule has 2 nitrogen and oxygen atoms in total. The average molecular weight is 236 g/mol. The lowest BCUT2D eigenvalue weighted by molar-refractivity contribution is -0.138. The van der Waals surface area contributed by atoms with Gasteiger partial charge in [0.15, 0.2) is 0 Å². The first-order valence-corrected chi connectivity index (χ1v) is 6.52. The summed E-state index contributed by atoms with van der Waals surface area (Å²) in [4.78, 5) is 11.6. The Balaban J connectivity index is 2.87. The normalized spacial score (nSPS) is 21.3. The van der Waals surface area contributed by atoms with Crippen molar-refractivity contribution in [2.45, 2.75) is 47.5 Å². The van der Waals surface area contributed by atoms with Crippen LogP contribution in [0.25, 0.3) is 0 Å². The smallest absolute Gasteiger partial charge is 0.333 e. The molecule has 0 aromatic heterocycles. The number of rotatable bonds is 4. The Hall–Kier alpha value is -1.05. The maximum absolute atomic E-state index is 11.6. The largest absolute Gasteiger partial charge is 0.463 e. The molecule has 1 aliphatic carbocycles. The summed E-state index contributed by atoms with van der Waals surface area (Å²) in [6, 6.07) is 0. The Morgan fingerprint density at radius 1 is 1.53 bits per heavy atom. The van der Waals surface area contributed by atoms with Gasteiger partial charge in [-0.15, -0.1) is 0 Å². The molecule has 17 heavy (non-hydrogen) atoms. The predicted molar refractivity (Wildman–Crippen MR) is 70.7 cm³/mol. The van der Waals surface area contributed by atoms with Crippen molar-refractivity contribution in [2.75, 3.05) is 6.61 Å². The van der Waals surface area contributed by atoms with Gasteiger partial charge in [0.25, 0.3) is 0 Å². The van der Waals surface area contributed by atoms with Gasteiger partial charge in [0.05, 0.1) is 6.61 Å². The van der Waals surface area contributed by atoms with Crippen LogP contribution in [0.3, 0.4) is 0 Å². The highest BCUT2D eigenvalue weighted by Crippen LogP contribution is 2.37. The van der Waals surface area contributed by atoms with E-state index in [-0.39, 0.29) is 5.97 Å². The standard InChI is InChI=1S/C15H24O2/c1-6-17-15(16)12(5)9-14-11(4)7-8-13(14)10(2)3/h9-10,13H,6-8H2,1-5H3/b12-9+. The van der Waals surface area contributed by atoms with Gasteiger partial charge in [0, 0.05) is 5.57 Å². The van der Waals surface area contributed by atoms with Crippen molar-refractivity contribution in [1.82, 2.24) is 0 Å². The van der Waals surface area contributed by atoms with Crippen LogP contribution in [0, 0.1) is 11.8 Å². The minimum absolute atomic E-state index is 0.192. The first kappa shape index (κ1) is 14.0. The number of esters is 1. The van der Waals surface area contributed by atoms with Crippen LogP contribution in [0.5, 0.6) is 0 Å². The molecule has 0 heterocycles. The van der Waals surface area contributed by atoms with Crippen LogP contribution in [-0.4, -0.2) is 12.6 Å². The Bertz CT molecular complexity index is 348. The molecule has 0 N–H and O–H groups in total. The second-order valence-corrected chi connectivity index (χ2v) is 5.17. The van der Waals surface area contributed by atoms with Gasteiger partial charge in [-0.2, -0.15) is 0 Å². The van der Waals surface area contributed by atoms with Crippen molar-refractivity contribution < 1.29 is 9.53 Å². The molecule has 0 amide bonds. The summed E-state index contributed by atoms with van der Waals surface area (Å²) in [5.74, 6) is 1.04. The Morgan fingerprint density at radius 3 is 2.71 bits per heavy atom. The van der Waals surface area contributed by atoms with Gasteiger partial charge < -0.3 is 4.74 Å². The molecule has 1 unspecified atom stereocenters. The third kappa shape index (κ3) is 3.45. The van der Waals surface area contributed by atoms with E-state index in [1.54, 1.807) is 0 Å². The van der Waals surface area contributed by atoms with E-state index in [2.05, 4.69) is 20.8 Å². The van der Waals surface area contributed by atoms with Gasteiger partial charge in [0.1, 0.15) is 0 Å². The van der Waals surface area contributed by atoms with Crippen molar-refractivity contribution in [1.29, 1.82) is 0 Å². The van der Waals surface area contributed by atoms with Gasteiger partial charge in [0.2, 0.25) is 0 Å². The number of ether oxygens (including phenoxy) is 1. The lowest BCUT2D eigenvalue weighted by Gasteiger charge is -2.17. The van der Waals surface area contributed by atoms with E-state index in [1.165, 1.54) is 17.6 Å². The molecule has 0 aromatic rings. The number of carbonyl (C=O) groups excluding carboxylic acids is 1. The zero-order chi connectivity index (χ0) is 13.0. The summed E-state index contributed by atoms with van der Waals surface area (Å²) in [6.07, 6.45) is 4.40. The van der Waals surface area contributed by atoms with Gasteiger partial charge in [-0.1, -0.05) is 19.4 Å². The quantitative estimate of drug-likeness (QED) is 0.547. The van der Waals surface area contributed by atoms with Crippen LogP contribution in [0.4, 0.5) is 0 Å². The van der Waals surface area contributed by atoms with Crippen molar-refractivity contribution in [3.63, 3.8) is 0 Å². The maximum Gasteiger partial charge on any atom is 0.333 e. The lowest BCUT2D eigenvalue weighted by atomic mass is 9.88. The molecular formula is C15H24O2. The van der Waals surface area contributed by atoms with Crippen LogP contribution in [0.15, 0.2) is 22.8 Å². The number of allylic oxidation sites excluding steroid dienone is 3. The fraction of sp³-hybridized carbons (Fsp3) is 0.667. The van der Waals surface area contributed by atoms with Gasteiger partial charge in [-0.3, -0.25) is 0 Å². The van der Waals surface area contributed by atoms with E-state index in [1.807, 2.05) is 19.9 Å². The van der Waals surface area contributed by atoms with Crippen molar-refractivity contribution in [3.8, 4) is 0 Å². The van der Waals surface area contributed by atoms with E-state index < -0.39 is 0 Å². The highest BCUT2D eigenvalue weighted by atomic mass is 16.5. The molecule has 2 heteroatoms. The summed E-state index contributed by atoms with van der Waals surface area (Å²) in [6.45, 7) is 10.8.